The third-order valence-corrected chi connectivity index (χ3v) is 1.31. The first kappa shape index (κ1) is 12.3. The maximum atomic E-state index is 9.60. The van der Waals surface area contributed by atoms with Gasteiger partial charge in [0.15, 0.2) is 0 Å². The van der Waals surface area contributed by atoms with E-state index in [9.17, 15) is 4.79 Å². The van der Waals surface area contributed by atoms with Gasteiger partial charge in [-0.15, -0.1) is 0 Å². The van der Waals surface area contributed by atoms with E-state index < -0.39 is 5.97 Å². The quantitative estimate of drug-likeness (QED) is 0.635. The van der Waals surface area contributed by atoms with E-state index in [1.807, 2.05) is 6.92 Å². The molecule has 14 heavy (non-hydrogen) atoms. The third-order valence-electron chi connectivity index (χ3n) is 1.31. The molecule has 0 amide bonds. The minimum atomic E-state index is -0.711. The Bertz CT molecular complexity index is 245. The number of hydrogen-bond donors (Lipinski definition) is 3. The summed E-state index contributed by atoms with van der Waals surface area (Å²) < 4.78 is 0. The summed E-state index contributed by atoms with van der Waals surface area (Å²) in [4.78, 5) is 9.60. The molecule has 0 radical (unpaired) electrons. The van der Waals surface area contributed by atoms with Gasteiger partial charge in [0, 0.05) is 6.42 Å². The van der Waals surface area contributed by atoms with Crippen LogP contribution in [0.1, 0.15) is 19.8 Å². The van der Waals surface area contributed by atoms with Crippen LogP contribution >= 0.6 is 0 Å². The molecule has 0 heterocycles. The summed E-state index contributed by atoms with van der Waals surface area (Å²) in [6.45, 7) is 1.84. The molecular weight excluding hydrogens is 184 g/mol. The van der Waals surface area contributed by atoms with Gasteiger partial charge in [0.25, 0.3) is 0 Å². The van der Waals surface area contributed by atoms with Crippen LogP contribution in [0.25, 0.3) is 0 Å². The molecule has 0 spiro atoms. The lowest BCUT2D eigenvalue weighted by Crippen LogP contribution is -1.90. The number of phenolic OH excluding ortho intramolecular Hbond substituents is 2. The van der Waals surface area contributed by atoms with Crippen molar-refractivity contribution in [3.8, 4) is 11.5 Å². The van der Waals surface area contributed by atoms with E-state index in [1.165, 1.54) is 24.3 Å². The maximum absolute atomic E-state index is 9.60. The zero-order valence-corrected chi connectivity index (χ0v) is 7.97. The third kappa shape index (κ3) is 6.97. The lowest BCUT2D eigenvalue weighted by atomic mass is 10.3. The van der Waals surface area contributed by atoms with Gasteiger partial charge in [-0.2, -0.15) is 0 Å². The Morgan fingerprint density at radius 2 is 1.50 bits per heavy atom. The van der Waals surface area contributed by atoms with Crippen LogP contribution in [0.3, 0.4) is 0 Å². The predicted octanol–water partition coefficient (Wildman–Crippen LogP) is 1.97. The fourth-order valence-electron chi connectivity index (χ4n) is 0.666. The number of aliphatic carboxylic acids is 1. The van der Waals surface area contributed by atoms with Crippen molar-refractivity contribution in [2.75, 3.05) is 0 Å². The standard InChI is InChI=1S/C6H6O2.C4H8O2/c7-5-1-2-6(8)4-3-5;1-2-3-4(5)6/h1-4,7-8H;2-3H2,1H3,(H,5,6). The van der Waals surface area contributed by atoms with E-state index in [1.54, 1.807) is 0 Å². The lowest BCUT2D eigenvalue weighted by molar-refractivity contribution is -0.137. The molecule has 78 valence electrons. The lowest BCUT2D eigenvalue weighted by Gasteiger charge is -1.88. The van der Waals surface area contributed by atoms with E-state index >= 15 is 0 Å². The highest BCUT2D eigenvalue weighted by Crippen LogP contribution is 2.13. The topological polar surface area (TPSA) is 77.8 Å². The minimum Gasteiger partial charge on any atom is -0.508 e. The fraction of sp³-hybridized carbons (Fsp3) is 0.300. The number of carbonyl (C=O) groups is 1. The normalized spacial score (nSPS) is 8.64. The molecule has 0 atom stereocenters. The van der Waals surface area contributed by atoms with Crippen LogP contribution in [-0.2, 0) is 4.79 Å². The van der Waals surface area contributed by atoms with Crippen molar-refractivity contribution >= 4 is 5.97 Å². The number of carboxylic acids is 1. The Kier molecular flexibility index (Phi) is 5.94. The minimum absolute atomic E-state index is 0.169. The number of aromatic hydroxyl groups is 2. The molecule has 1 rings (SSSR count). The first-order chi connectivity index (χ1) is 6.56. The number of hydrogen-bond acceptors (Lipinski definition) is 3. The first-order valence-corrected chi connectivity index (χ1v) is 4.26. The van der Waals surface area contributed by atoms with Crippen molar-refractivity contribution in [1.82, 2.24) is 0 Å². The van der Waals surface area contributed by atoms with Crippen molar-refractivity contribution in [2.45, 2.75) is 19.8 Å². The highest BCUT2D eigenvalue weighted by molar-refractivity contribution is 5.66. The number of rotatable bonds is 2. The molecule has 4 nitrogen and oxygen atoms in total. The van der Waals surface area contributed by atoms with Gasteiger partial charge in [0.2, 0.25) is 0 Å². The number of benzene rings is 1. The zero-order valence-electron chi connectivity index (χ0n) is 7.97. The molecule has 0 saturated carbocycles. The monoisotopic (exact) mass is 198 g/mol. The second kappa shape index (κ2) is 6.77. The van der Waals surface area contributed by atoms with Gasteiger partial charge in [0.05, 0.1) is 0 Å². The molecule has 4 heteroatoms. The van der Waals surface area contributed by atoms with E-state index in [-0.39, 0.29) is 11.5 Å². The second-order valence-electron chi connectivity index (χ2n) is 2.66. The van der Waals surface area contributed by atoms with E-state index in [2.05, 4.69) is 0 Å². The number of phenols is 2. The largest absolute Gasteiger partial charge is 0.508 e. The van der Waals surface area contributed by atoms with Crippen LogP contribution in [0.2, 0.25) is 0 Å². The Morgan fingerprint density at radius 3 is 1.64 bits per heavy atom. The van der Waals surface area contributed by atoms with Crippen LogP contribution in [0.4, 0.5) is 0 Å². The van der Waals surface area contributed by atoms with Gasteiger partial charge in [-0.1, -0.05) is 6.92 Å². The SMILES string of the molecule is CCCC(=O)O.Oc1ccc(O)cc1. The first-order valence-electron chi connectivity index (χ1n) is 4.26. The molecule has 0 unspecified atom stereocenters. The smallest absolute Gasteiger partial charge is 0.303 e. The number of carboxylic acid groups (broad SMARTS) is 1. The van der Waals surface area contributed by atoms with Crippen molar-refractivity contribution in [1.29, 1.82) is 0 Å². The molecule has 0 aromatic heterocycles. The van der Waals surface area contributed by atoms with Gasteiger partial charge >= 0.3 is 5.97 Å². The zero-order chi connectivity index (χ0) is 11.0. The summed E-state index contributed by atoms with van der Waals surface area (Å²) in [6, 6.07) is 5.70. The van der Waals surface area contributed by atoms with Crippen molar-refractivity contribution in [3.63, 3.8) is 0 Å². The van der Waals surface area contributed by atoms with Crippen LogP contribution < -0.4 is 0 Å². The molecule has 0 aliphatic carbocycles. The van der Waals surface area contributed by atoms with E-state index in [0.717, 1.165) is 6.42 Å². The van der Waals surface area contributed by atoms with Gasteiger partial charge < -0.3 is 15.3 Å². The molecule has 0 aliphatic rings. The highest BCUT2D eigenvalue weighted by atomic mass is 16.4. The summed E-state index contributed by atoms with van der Waals surface area (Å²) in [5, 5.41) is 25.2. The fourth-order valence-corrected chi connectivity index (χ4v) is 0.666. The van der Waals surface area contributed by atoms with Crippen LogP contribution in [0.5, 0.6) is 11.5 Å². The molecule has 3 N–H and O–H groups in total. The Labute approximate surface area is 82.4 Å². The van der Waals surface area contributed by atoms with Gasteiger partial charge in [0.1, 0.15) is 11.5 Å². The molecule has 1 aromatic carbocycles. The predicted molar refractivity (Wildman–Crippen MR) is 52.3 cm³/mol. The maximum Gasteiger partial charge on any atom is 0.303 e. The molecule has 0 aliphatic heterocycles. The summed E-state index contributed by atoms with van der Waals surface area (Å²) >= 11 is 0. The van der Waals surface area contributed by atoms with Gasteiger partial charge in [-0.05, 0) is 30.7 Å². The molecule has 1 aromatic rings. The Morgan fingerprint density at radius 1 is 1.14 bits per heavy atom. The van der Waals surface area contributed by atoms with Gasteiger partial charge in [-0.25, -0.2) is 0 Å². The molecule has 0 bridgehead atoms. The highest BCUT2D eigenvalue weighted by Gasteiger charge is 1.87. The van der Waals surface area contributed by atoms with Crippen molar-refractivity contribution in [2.24, 2.45) is 0 Å². The van der Waals surface area contributed by atoms with Crippen LogP contribution in [0, 0.1) is 0 Å². The second-order valence-corrected chi connectivity index (χ2v) is 2.66. The van der Waals surface area contributed by atoms with Crippen LogP contribution in [0.15, 0.2) is 24.3 Å². The molecule has 0 saturated heterocycles. The van der Waals surface area contributed by atoms with Crippen LogP contribution in [-0.4, -0.2) is 21.3 Å². The van der Waals surface area contributed by atoms with Crippen molar-refractivity contribution in [3.05, 3.63) is 24.3 Å². The average Bonchev–Trinajstić information content (AvgIpc) is 2.11. The molecular formula is C10H14O4. The van der Waals surface area contributed by atoms with Gasteiger partial charge in [-0.3, -0.25) is 4.79 Å². The Balaban J connectivity index is 0.000000255. The summed E-state index contributed by atoms with van der Waals surface area (Å²) in [5.74, 6) is -0.372. The summed E-state index contributed by atoms with van der Waals surface area (Å²) in [7, 11) is 0. The van der Waals surface area contributed by atoms with E-state index in [0.29, 0.717) is 6.42 Å². The average molecular weight is 198 g/mol. The van der Waals surface area contributed by atoms with Crippen molar-refractivity contribution < 1.29 is 20.1 Å². The Hall–Kier alpha value is -1.71. The summed E-state index contributed by atoms with van der Waals surface area (Å²) in [5.41, 5.74) is 0. The van der Waals surface area contributed by atoms with E-state index in [4.69, 9.17) is 15.3 Å². The summed E-state index contributed by atoms with van der Waals surface area (Å²) in [6.07, 6.45) is 1.02. The molecule has 0 fully saturated rings.